The van der Waals surface area contributed by atoms with Crippen LogP contribution in [-0.2, 0) is 0 Å². The molecular formula is C24H43N3. The normalized spacial score (nSPS) is 36.2. The minimum Gasteiger partial charge on any atom is -0.303 e. The lowest BCUT2D eigenvalue weighted by atomic mass is 9.58. The predicted octanol–water partition coefficient (Wildman–Crippen LogP) is 4.22. The SMILES string of the molecule is CC(C)CC1(CN2CCC3(CC2)CC(N2C4CC2CN(C(C)C)C4)C3)CC1. The van der Waals surface area contributed by atoms with Crippen LogP contribution in [0.25, 0.3) is 0 Å². The van der Waals surface area contributed by atoms with Gasteiger partial charge in [0.15, 0.2) is 0 Å². The summed E-state index contributed by atoms with van der Waals surface area (Å²) in [7, 11) is 0. The minimum atomic E-state index is 0.720. The molecule has 2 saturated carbocycles. The Bertz CT molecular complexity index is 524. The highest BCUT2D eigenvalue weighted by molar-refractivity contribution is 5.10. The van der Waals surface area contributed by atoms with Gasteiger partial charge < -0.3 is 4.90 Å². The van der Waals surface area contributed by atoms with Crippen LogP contribution in [0.4, 0.5) is 0 Å². The Balaban J connectivity index is 1.08. The highest BCUT2D eigenvalue weighted by Gasteiger charge is 2.55. The lowest BCUT2D eigenvalue weighted by Crippen LogP contribution is -2.74. The predicted molar refractivity (Wildman–Crippen MR) is 113 cm³/mol. The topological polar surface area (TPSA) is 9.72 Å². The number of fused-ring (bicyclic) bond motifs is 2. The fourth-order valence-electron chi connectivity index (χ4n) is 7.38. The average Bonchev–Trinajstić information content (AvgIpc) is 3.33. The fourth-order valence-corrected chi connectivity index (χ4v) is 7.38. The molecule has 2 atom stereocenters. The van der Waals surface area contributed by atoms with Gasteiger partial charge in [-0.25, -0.2) is 0 Å². The zero-order valence-electron chi connectivity index (χ0n) is 18.4. The Kier molecular flexibility index (Phi) is 4.69. The molecule has 0 aromatic rings. The molecule has 3 heteroatoms. The molecule has 2 bridgehead atoms. The number of rotatable bonds is 6. The third-order valence-electron chi connectivity index (χ3n) is 9.04. The maximum Gasteiger partial charge on any atom is 0.0245 e. The maximum atomic E-state index is 2.96. The van der Waals surface area contributed by atoms with Crippen LogP contribution in [-0.4, -0.2) is 71.6 Å². The molecule has 0 aromatic heterocycles. The van der Waals surface area contributed by atoms with Gasteiger partial charge in [0.25, 0.3) is 0 Å². The summed E-state index contributed by atoms with van der Waals surface area (Å²) in [6.45, 7) is 16.4. The number of hydrogen-bond donors (Lipinski definition) is 0. The summed E-state index contributed by atoms with van der Waals surface area (Å²) in [5, 5.41) is 0. The standard InChI is InChI=1S/C24H43N3/c1-18(2)12-24(5-6-24)17-25-9-7-23(8-10-25)13-22(14-23)27-20-11-21(27)16-26(15-20)19(3)4/h18-22H,5-17H2,1-4H3. The second-order valence-corrected chi connectivity index (χ2v) is 12.0. The van der Waals surface area contributed by atoms with Crippen molar-refractivity contribution in [1.82, 2.24) is 14.7 Å². The highest BCUT2D eigenvalue weighted by atomic mass is 15.4. The van der Waals surface area contributed by atoms with Crippen molar-refractivity contribution in [2.24, 2.45) is 16.7 Å². The van der Waals surface area contributed by atoms with Crippen LogP contribution < -0.4 is 0 Å². The van der Waals surface area contributed by atoms with E-state index in [1.165, 1.54) is 84.1 Å². The fraction of sp³-hybridized carbons (Fsp3) is 1.00. The first-order valence-corrected chi connectivity index (χ1v) is 12.1. The van der Waals surface area contributed by atoms with Gasteiger partial charge in [0, 0.05) is 43.8 Å². The summed E-state index contributed by atoms with van der Waals surface area (Å²) in [5.74, 6) is 0.874. The van der Waals surface area contributed by atoms with E-state index in [4.69, 9.17) is 0 Å². The second kappa shape index (κ2) is 6.71. The second-order valence-electron chi connectivity index (χ2n) is 12.0. The summed E-state index contributed by atoms with van der Waals surface area (Å²) in [6.07, 6.45) is 12.0. The van der Waals surface area contributed by atoms with E-state index in [9.17, 15) is 0 Å². The van der Waals surface area contributed by atoms with Gasteiger partial charge >= 0.3 is 0 Å². The molecule has 154 valence electrons. The largest absolute Gasteiger partial charge is 0.303 e. The van der Waals surface area contributed by atoms with Gasteiger partial charge in [-0.3, -0.25) is 9.80 Å². The number of piperidine rings is 2. The minimum absolute atomic E-state index is 0.720. The van der Waals surface area contributed by atoms with Crippen molar-refractivity contribution in [2.45, 2.75) is 103 Å². The number of hydrogen-bond acceptors (Lipinski definition) is 3. The van der Waals surface area contributed by atoms with Gasteiger partial charge in [0.05, 0.1) is 0 Å². The molecule has 5 aliphatic rings. The first-order chi connectivity index (χ1) is 12.9. The van der Waals surface area contributed by atoms with Gasteiger partial charge in [-0.15, -0.1) is 0 Å². The quantitative estimate of drug-likeness (QED) is 0.690. The molecule has 3 saturated heterocycles. The lowest BCUT2D eigenvalue weighted by molar-refractivity contribution is -0.156. The Morgan fingerprint density at radius 1 is 0.852 bits per heavy atom. The van der Waals surface area contributed by atoms with E-state index in [2.05, 4.69) is 42.4 Å². The van der Waals surface area contributed by atoms with Gasteiger partial charge in [-0.2, -0.15) is 0 Å². The smallest absolute Gasteiger partial charge is 0.0245 e. The molecule has 0 radical (unpaired) electrons. The van der Waals surface area contributed by atoms with Crippen molar-refractivity contribution in [3.8, 4) is 0 Å². The van der Waals surface area contributed by atoms with Crippen molar-refractivity contribution in [1.29, 1.82) is 0 Å². The Labute approximate surface area is 167 Å². The molecular weight excluding hydrogens is 330 g/mol. The maximum absolute atomic E-state index is 2.96. The van der Waals surface area contributed by atoms with E-state index in [-0.39, 0.29) is 0 Å². The first kappa shape index (κ1) is 18.9. The van der Waals surface area contributed by atoms with Gasteiger partial charge in [0.1, 0.15) is 0 Å². The third kappa shape index (κ3) is 3.51. The zero-order chi connectivity index (χ0) is 18.8. The van der Waals surface area contributed by atoms with Crippen LogP contribution in [0.1, 0.15) is 79.1 Å². The molecule has 5 rings (SSSR count). The average molecular weight is 374 g/mol. The zero-order valence-corrected chi connectivity index (χ0v) is 18.4. The Morgan fingerprint density at radius 2 is 1.48 bits per heavy atom. The summed E-state index contributed by atoms with van der Waals surface area (Å²) in [6, 6.07) is 3.45. The molecule has 5 fully saturated rings. The molecule has 3 nitrogen and oxygen atoms in total. The van der Waals surface area contributed by atoms with E-state index in [1.54, 1.807) is 0 Å². The summed E-state index contributed by atoms with van der Waals surface area (Å²) in [4.78, 5) is 8.51. The Hall–Kier alpha value is -0.120. The molecule has 3 heterocycles. The Morgan fingerprint density at radius 3 is 2.00 bits per heavy atom. The summed E-state index contributed by atoms with van der Waals surface area (Å²) in [5.41, 5.74) is 1.45. The third-order valence-corrected chi connectivity index (χ3v) is 9.04. The van der Waals surface area contributed by atoms with Crippen molar-refractivity contribution >= 4 is 0 Å². The lowest BCUT2D eigenvalue weighted by Gasteiger charge is -2.65. The first-order valence-electron chi connectivity index (χ1n) is 12.1. The molecule has 0 amide bonds. The summed E-state index contributed by atoms with van der Waals surface area (Å²) < 4.78 is 0. The molecule has 2 aliphatic carbocycles. The van der Waals surface area contributed by atoms with E-state index in [0.717, 1.165) is 40.9 Å². The van der Waals surface area contributed by atoms with Crippen LogP contribution in [0.5, 0.6) is 0 Å². The van der Waals surface area contributed by atoms with Crippen LogP contribution in [0, 0.1) is 16.7 Å². The molecule has 2 unspecified atom stereocenters. The number of likely N-dealkylation sites (tertiary alicyclic amines) is 3. The van der Waals surface area contributed by atoms with E-state index in [1.807, 2.05) is 0 Å². The number of piperazine rings is 1. The molecule has 0 N–H and O–H groups in total. The monoisotopic (exact) mass is 373 g/mol. The van der Waals surface area contributed by atoms with Crippen LogP contribution in [0.15, 0.2) is 0 Å². The van der Waals surface area contributed by atoms with E-state index in [0.29, 0.717) is 0 Å². The van der Waals surface area contributed by atoms with Gasteiger partial charge in [-0.05, 0) is 95.1 Å². The van der Waals surface area contributed by atoms with Crippen molar-refractivity contribution in [3.63, 3.8) is 0 Å². The molecule has 27 heavy (non-hydrogen) atoms. The van der Waals surface area contributed by atoms with Crippen LogP contribution in [0.2, 0.25) is 0 Å². The van der Waals surface area contributed by atoms with Crippen molar-refractivity contribution in [2.75, 3.05) is 32.7 Å². The van der Waals surface area contributed by atoms with E-state index < -0.39 is 0 Å². The molecule has 0 aromatic carbocycles. The molecule has 3 aliphatic heterocycles. The summed E-state index contributed by atoms with van der Waals surface area (Å²) >= 11 is 0. The van der Waals surface area contributed by atoms with Crippen molar-refractivity contribution in [3.05, 3.63) is 0 Å². The van der Waals surface area contributed by atoms with Crippen LogP contribution >= 0.6 is 0 Å². The van der Waals surface area contributed by atoms with Gasteiger partial charge in [0.2, 0.25) is 0 Å². The number of nitrogens with zero attached hydrogens (tertiary/aromatic N) is 3. The van der Waals surface area contributed by atoms with Gasteiger partial charge in [-0.1, -0.05) is 13.8 Å². The highest BCUT2D eigenvalue weighted by Crippen LogP contribution is 2.56. The molecule has 1 spiro atoms. The van der Waals surface area contributed by atoms with Crippen LogP contribution in [0.3, 0.4) is 0 Å². The van der Waals surface area contributed by atoms with E-state index >= 15 is 0 Å². The van der Waals surface area contributed by atoms with Crippen molar-refractivity contribution < 1.29 is 0 Å².